The van der Waals surface area contributed by atoms with Crippen LogP contribution in [0.15, 0.2) is 24.3 Å². The Bertz CT molecular complexity index is 263. The number of nitrogens with zero attached hydrogens (tertiary/aromatic N) is 1. The molecule has 2 nitrogen and oxygen atoms in total. The zero-order chi connectivity index (χ0) is 9.68. The number of para-hydroxylation sites is 1. The predicted molar refractivity (Wildman–Crippen MR) is 53.3 cm³/mol. The number of rotatable bonds is 4. The third kappa shape index (κ3) is 2.70. The normalized spacial score (nSPS) is 10.1. The number of benzene rings is 1. The Labute approximate surface area is 78.2 Å². The van der Waals surface area contributed by atoms with E-state index >= 15 is 0 Å². The molecule has 0 bridgehead atoms. The molecule has 0 saturated heterocycles. The first-order valence-corrected chi connectivity index (χ1v) is 4.41. The molecule has 0 saturated carbocycles. The minimum Gasteiger partial charge on any atom is -0.372 e. The van der Waals surface area contributed by atoms with E-state index in [0.29, 0.717) is 12.2 Å². The van der Waals surface area contributed by atoms with Gasteiger partial charge in [-0.05, 0) is 25.1 Å². The van der Waals surface area contributed by atoms with E-state index in [2.05, 4.69) is 0 Å². The van der Waals surface area contributed by atoms with Gasteiger partial charge in [0.05, 0.1) is 5.69 Å². The van der Waals surface area contributed by atoms with E-state index in [1.54, 1.807) is 12.1 Å². The van der Waals surface area contributed by atoms with Crippen LogP contribution in [0, 0.1) is 5.82 Å². The summed E-state index contributed by atoms with van der Waals surface area (Å²) in [6, 6.07) is 6.76. The lowest BCUT2D eigenvalue weighted by Gasteiger charge is -2.19. The van der Waals surface area contributed by atoms with Gasteiger partial charge in [-0.1, -0.05) is 12.1 Å². The molecule has 0 spiro atoms. The van der Waals surface area contributed by atoms with Crippen LogP contribution in [0.1, 0.15) is 6.42 Å². The van der Waals surface area contributed by atoms with Gasteiger partial charge in [-0.25, -0.2) is 4.39 Å². The van der Waals surface area contributed by atoms with Gasteiger partial charge in [0.15, 0.2) is 0 Å². The first-order valence-electron chi connectivity index (χ1n) is 4.41. The van der Waals surface area contributed by atoms with Crippen molar-refractivity contribution in [3.63, 3.8) is 0 Å². The molecule has 0 fully saturated rings. The van der Waals surface area contributed by atoms with Crippen LogP contribution < -0.4 is 10.6 Å². The molecule has 1 rings (SSSR count). The van der Waals surface area contributed by atoms with Gasteiger partial charge in [-0.15, -0.1) is 0 Å². The lowest BCUT2D eigenvalue weighted by atomic mass is 10.2. The molecule has 0 aliphatic heterocycles. The van der Waals surface area contributed by atoms with Gasteiger partial charge >= 0.3 is 0 Å². The SMILES string of the molecule is CN(CCCN)c1ccccc1F. The Morgan fingerprint density at radius 3 is 2.69 bits per heavy atom. The highest BCUT2D eigenvalue weighted by molar-refractivity contribution is 5.46. The smallest absolute Gasteiger partial charge is 0.146 e. The predicted octanol–water partition coefficient (Wildman–Crippen LogP) is 1.61. The fourth-order valence-electron chi connectivity index (χ4n) is 1.21. The zero-order valence-electron chi connectivity index (χ0n) is 7.83. The second kappa shape index (κ2) is 4.82. The largest absolute Gasteiger partial charge is 0.372 e. The monoisotopic (exact) mass is 182 g/mol. The van der Waals surface area contributed by atoms with Crippen molar-refractivity contribution < 1.29 is 4.39 Å². The van der Waals surface area contributed by atoms with E-state index in [1.807, 2.05) is 18.0 Å². The molecule has 0 radical (unpaired) electrons. The number of hydrogen-bond acceptors (Lipinski definition) is 2. The van der Waals surface area contributed by atoms with Crippen molar-refractivity contribution in [1.29, 1.82) is 0 Å². The summed E-state index contributed by atoms with van der Waals surface area (Å²) >= 11 is 0. The average molecular weight is 182 g/mol. The molecule has 13 heavy (non-hydrogen) atoms. The highest BCUT2D eigenvalue weighted by atomic mass is 19.1. The van der Waals surface area contributed by atoms with Gasteiger partial charge < -0.3 is 10.6 Å². The summed E-state index contributed by atoms with van der Waals surface area (Å²) in [5.74, 6) is -0.179. The summed E-state index contributed by atoms with van der Waals surface area (Å²) in [6.45, 7) is 1.43. The van der Waals surface area contributed by atoms with Gasteiger partial charge in [-0.2, -0.15) is 0 Å². The number of nitrogens with two attached hydrogens (primary N) is 1. The van der Waals surface area contributed by atoms with Crippen LogP contribution in [0.25, 0.3) is 0 Å². The third-order valence-corrected chi connectivity index (χ3v) is 1.96. The van der Waals surface area contributed by atoms with Crippen LogP contribution in [0.4, 0.5) is 10.1 Å². The van der Waals surface area contributed by atoms with Crippen LogP contribution in [-0.2, 0) is 0 Å². The first kappa shape index (κ1) is 9.99. The summed E-state index contributed by atoms with van der Waals surface area (Å²) in [7, 11) is 1.87. The Morgan fingerprint density at radius 2 is 2.08 bits per heavy atom. The highest BCUT2D eigenvalue weighted by Gasteiger charge is 2.04. The van der Waals surface area contributed by atoms with Crippen molar-refractivity contribution in [1.82, 2.24) is 0 Å². The fourth-order valence-corrected chi connectivity index (χ4v) is 1.21. The molecular weight excluding hydrogens is 167 g/mol. The Hall–Kier alpha value is -1.09. The summed E-state index contributed by atoms with van der Waals surface area (Å²) < 4.78 is 13.2. The standard InChI is InChI=1S/C10H15FN2/c1-13(8-4-7-12)10-6-3-2-5-9(10)11/h2-3,5-6H,4,7-8,12H2,1H3. The van der Waals surface area contributed by atoms with Crippen molar-refractivity contribution in [2.45, 2.75) is 6.42 Å². The van der Waals surface area contributed by atoms with Crippen molar-refractivity contribution in [2.24, 2.45) is 5.73 Å². The average Bonchev–Trinajstić information content (AvgIpc) is 2.15. The molecule has 0 aliphatic rings. The van der Waals surface area contributed by atoms with Crippen LogP contribution in [0.2, 0.25) is 0 Å². The van der Waals surface area contributed by atoms with Gasteiger partial charge in [0, 0.05) is 13.6 Å². The summed E-state index contributed by atoms with van der Waals surface area (Å²) in [4.78, 5) is 1.88. The van der Waals surface area contributed by atoms with E-state index in [9.17, 15) is 4.39 Å². The fraction of sp³-hybridized carbons (Fsp3) is 0.400. The van der Waals surface area contributed by atoms with Crippen molar-refractivity contribution in [2.75, 3.05) is 25.0 Å². The van der Waals surface area contributed by atoms with E-state index < -0.39 is 0 Å². The summed E-state index contributed by atoms with van der Waals surface area (Å²) in [5.41, 5.74) is 6.01. The molecule has 0 amide bonds. The van der Waals surface area contributed by atoms with E-state index in [4.69, 9.17) is 5.73 Å². The van der Waals surface area contributed by atoms with Crippen molar-refractivity contribution in [3.8, 4) is 0 Å². The van der Waals surface area contributed by atoms with E-state index in [1.165, 1.54) is 6.07 Å². The number of anilines is 1. The van der Waals surface area contributed by atoms with Crippen LogP contribution >= 0.6 is 0 Å². The quantitative estimate of drug-likeness (QED) is 0.766. The van der Waals surface area contributed by atoms with Crippen molar-refractivity contribution >= 4 is 5.69 Å². The molecular formula is C10H15FN2. The molecule has 0 aliphatic carbocycles. The molecule has 0 aromatic heterocycles. The number of halogens is 1. The summed E-state index contributed by atoms with van der Waals surface area (Å²) in [5, 5.41) is 0. The van der Waals surface area contributed by atoms with Gasteiger partial charge in [0.1, 0.15) is 5.82 Å². The molecule has 72 valence electrons. The summed E-state index contributed by atoms with van der Waals surface area (Å²) in [6.07, 6.45) is 0.880. The minimum atomic E-state index is -0.179. The molecule has 1 aromatic rings. The maximum Gasteiger partial charge on any atom is 0.146 e. The number of hydrogen-bond donors (Lipinski definition) is 1. The van der Waals surface area contributed by atoms with Gasteiger partial charge in [0.25, 0.3) is 0 Å². The van der Waals surface area contributed by atoms with Gasteiger partial charge in [-0.3, -0.25) is 0 Å². The lowest BCUT2D eigenvalue weighted by molar-refractivity contribution is 0.620. The Balaban J connectivity index is 2.65. The maximum atomic E-state index is 13.2. The highest BCUT2D eigenvalue weighted by Crippen LogP contribution is 2.16. The topological polar surface area (TPSA) is 29.3 Å². The van der Waals surface area contributed by atoms with Crippen LogP contribution in [0.3, 0.4) is 0 Å². The Kier molecular flexibility index (Phi) is 3.71. The van der Waals surface area contributed by atoms with Crippen LogP contribution in [-0.4, -0.2) is 20.1 Å². The Morgan fingerprint density at radius 1 is 1.38 bits per heavy atom. The molecule has 0 atom stereocenters. The maximum absolute atomic E-state index is 13.2. The molecule has 0 unspecified atom stereocenters. The molecule has 1 aromatic carbocycles. The third-order valence-electron chi connectivity index (χ3n) is 1.96. The van der Waals surface area contributed by atoms with Crippen LogP contribution in [0.5, 0.6) is 0 Å². The second-order valence-electron chi connectivity index (χ2n) is 3.02. The lowest BCUT2D eigenvalue weighted by Crippen LogP contribution is -2.21. The zero-order valence-corrected chi connectivity index (χ0v) is 7.83. The van der Waals surface area contributed by atoms with E-state index in [-0.39, 0.29) is 5.82 Å². The van der Waals surface area contributed by atoms with E-state index in [0.717, 1.165) is 13.0 Å². The van der Waals surface area contributed by atoms with Crippen molar-refractivity contribution in [3.05, 3.63) is 30.1 Å². The molecule has 3 heteroatoms. The van der Waals surface area contributed by atoms with Gasteiger partial charge in [0.2, 0.25) is 0 Å². The molecule has 0 heterocycles. The molecule has 2 N–H and O–H groups in total. The first-order chi connectivity index (χ1) is 6.25. The minimum absolute atomic E-state index is 0.179. The second-order valence-corrected chi connectivity index (χ2v) is 3.02.